The number of aromatic nitrogens is 2. The molecule has 0 spiro atoms. The molecule has 92 valence electrons. The fourth-order valence-corrected chi connectivity index (χ4v) is 2.68. The van der Waals surface area contributed by atoms with E-state index in [0.717, 1.165) is 29.9 Å². The first-order chi connectivity index (χ1) is 8.75. The van der Waals surface area contributed by atoms with Gasteiger partial charge in [-0.25, -0.2) is 0 Å². The number of anilines is 1. The first kappa shape index (κ1) is 11.2. The molecule has 18 heavy (non-hydrogen) atoms. The maximum atomic E-state index is 5.83. The molecule has 0 aliphatic heterocycles. The molecular weight excluding hydrogens is 222 g/mol. The molecule has 2 aromatic rings. The van der Waals surface area contributed by atoms with Crippen LogP contribution in [0.25, 0.3) is 0 Å². The van der Waals surface area contributed by atoms with E-state index in [1.807, 2.05) is 31.3 Å². The van der Waals surface area contributed by atoms with Crippen LogP contribution in [0.5, 0.6) is 0 Å². The maximum absolute atomic E-state index is 5.83. The van der Waals surface area contributed by atoms with Gasteiger partial charge in [0.1, 0.15) is 0 Å². The van der Waals surface area contributed by atoms with Gasteiger partial charge in [0.05, 0.1) is 17.1 Å². The van der Waals surface area contributed by atoms with Crippen LogP contribution in [0.1, 0.15) is 41.4 Å². The molecule has 3 heteroatoms. The molecule has 3 nitrogen and oxygen atoms in total. The molecule has 0 saturated heterocycles. The summed E-state index contributed by atoms with van der Waals surface area (Å²) in [5.74, 6) is 0.328. The van der Waals surface area contributed by atoms with Crippen molar-refractivity contribution in [3.05, 3.63) is 53.1 Å². The lowest BCUT2D eigenvalue weighted by Gasteiger charge is -2.24. The number of fused-ring (bicyclic) bond motifs is 1. The SMILES string of the molecule is Cc1nc(C2CCCc3cccnc32)ccc1N. The highest BCUT2D eigenvalue weighted by atomic mass is 14.8. The Labute approximate surface area is 107 Å². The predicted molar refractivity (Wildman–Crippen MR) is 72.4 cm³/mol. The number of rotatable bonds is 1. The molecule has 0 bridgehead atoms. The predicted octanol–water partition coefficient (Wildman–Crippen LogP) is 2.84. The number of nitrogens with zero attached hydrogens (tertiary/aromatic N) is 2. The van der Waals surface area contributed by atoms with Gasteiger partial charge in [-0.1, -0.05) is 6.07 Å². The molecule has 1 aliphatic carbocycles. The number of hydrogen-bond donors (Lipinski definition) is 1. The molecule has 1 atom stereocenters. The quantitative estimate of drug-likeness (QED) is 0.832. The van der Waals surface area contributed by atoms with E-state index in [4.69, 9.17) is 5.73 Å². The smallest absolute Gasteiger partial charge is 0.0605 e. The summed E-state index contributed by atoms with van der Waals surface area (Å²) in [6.07, 6.45) is 5.34. The van der Waals surface area contributed by atoms with Crippen LogP contribution in [-0.4, -0.2) is 9.97 Å². The Morgan fingerprint density at radius 2 is 2.17 bits per heavy atom. The van der Waals surface area contributed by atoms with Gasteiger partial charge in [0.15, 0.2) is 0 Å². The van der Waals surface area contributed by atoms with Crippen molar-refractivity contribution in [3.63, 3.8) is 0 Å². The second-order valence-corrected chi connectivity index (χ2v) is 4.90. The Morgan fingerprint density at radius 1 is 1.28 bits per heavy atom. The molecular formula is C15H17N3. The lowest BCUT2D eigenvalue weighted by atomic mass is 9.84. The highest BCUT2D eigenvalue weighted by Crippen LogP contribution is 2.34. The van der Waals surface area contributed by atoms with Gasteiger partial charge in [-0.05, 0) is 49.9 Å². The molecule has 0 aromatic carbocycles. The summed E-state index contributed by atoms with van der Waals surface area (Å²) >= 11 is 0. The van der Waals surface area contributed by atoms with Gasteiger partial charge in [0.25, 0.3) is 0 Å². The van der Waals surface area contributed by atoms with E-state index in [1.54, 1.807) is 0 Å². The molecule has 3 rings (SSSR count). The van der Waals surface area contributed by atoms with E-state index in [9.17, 15) is 0 Å². The highest BCUT2D eigenvalue weighted by molar-refractivity contribution is 5.44. The van der Waals surface area contributed by atoms with E-state index in [-0.39, 0.29) is 0 Å². The third-order valence-corrected chi connectivity index (χ3v) is 3.70. The number of hydrogen-bond acceptors (Lipinski definition) is 3. The zero-order chi connectivity index (χ0) is 12.5. The summed E-state index contributed by atoms with van der Waals surface area (Å²) in [5, 5.41) is 0. The van der Waals surface area contributed by atoms with Crippen molar-refractivity contribution in [1.82, 2.24) is 9.97 Å². The van der Waals surface area contributed by atoms with Gasteiger partial charge in [-0.15, -0.1) is 0 Å². The normalized spacial score (nSPS) is 18.4. The van der Waals surface area contributed by atoms with Crippen LogP contribution in [0.4, 0.5) is 5.69 Å². The first-order valence-electron chi connectivity index (χ1n) is 6.42. The van der Waals surface area contributed by atoms with Crippen LogP contribution in [0, 0.1) is 6.92 Å². The van der Waals surface area contributed by atoms with Gasteiger partial charge in [0, 0.05) is 17.8 Å². The number of nitrogen functional groups attached to an aromatic ring is 1. The topological polar surface area (TPSA) is 51.8 Å². The van der Waals surface area contributed by atoms with Gasteiger partial charge >= 0.3 is 0 Å². The minimum Gasteiger partial charge on any atom is -0.397 e. The van der Waals surface area contributed by atoms with Crippen LogP contribution in [0.15, 0.2) is 30.5 Å². The van der Waals surface area contributed by atoms with E-state index in [2.05, 4.69) is 16.0 Å². The fraction of sp³-hybridized carbons (Fsp3) is 0.333. The Balaban J connectivity index is 2.05. The van der Waals surface area contributed by atoms with E-state index in [1.165, 1.54) is 17.7 Å². The summed E-state index contributed by atoms with van der Waals surface area (Å²) in [5.41, 5.74) is 11.2. The van der Waals surface area contributed by atoms with E-state index in [0.29, 0.717) is 5.92 Å². The van der Waals surface area contributed by atoms with Crippen molar-refractivity contribution in [1.29, 1.82) is 0 Å². The van der Waals surface area contributed by atoms with Gasteiger partial charge in [0.2, 0.25) is 0 Å². The van der Waals surface area contributed by atoms with Crippen molar-refractivity contribution >= 4 is 5.69 Å². The van der Waals surface area contributed by atoms with E-state index >= 15 is 0 Å². The third kappa shape index (κ3) is 1.86. The van der Waals surface area contributed by atoms with Gasteiger partial charge in [-0.2, -0.15) is 0 Å². The van der Waals surface area contributed by atoms with Crippen molar-refractivity contribution in [2.45, 2.75) is 32.1 Å². The van der Waals surface area contributed by atoms with Crippen molar-refractivity contribution in [3.8, 4) is 0 Å². The second-order valence-electron chi connectivity index (χ2n) is 4.90. The monoisotopic (exact) mass is 239 g/mol. The second kappa shape index (κ2) is 4.41. The van der Waals surface area contributed by atoms with Crippen LogP contribution in [0.2, 0.25) is 0 Å². The number of nitrogens with two attached hydrogens (primary N) is 1. The maximum Gasteiger partial charge on any atom is 0.0605 e. The molecule has 0 fully saturated rings. The Morgan fingerprint density at radius 3 is 3.00 bits per heavy atom. The lowest BCUT2D eigenvalue weighted by molar-refractivity contribution is 0.587. The molecule has 2 heterocycles. The third-order valence-electron chi connectivity index (χ3n) is 3.70. The summed E-state index contributed by atoms with van der Waals surface area (Å²) in [4.78, 5) is 9.19. The van der Waals surface area contributed by atoms with Crippen molar-refractivity contribution in [2.75, 3.05) is 5.73 Å². The van der Waals surface area contributed by atoms with Crippen molar-refractivity contribution < 1.29 is 0 Å². The van der Waals surface area contributed by atoms with Crippen molar-refractivity contribution in [2.24, 2.45) is 0 Å². The van der Waals surface area contributed by atoms with Gasteiger partial charge < -0.3 is 5.73 Å². The molecule has 0 radical (unpaired) electrons. The van der Waals surface area contributed by atoms with Crippen LogP contribution < -0.4 is 5.73 Å². The average molecular weight is 239 g/mol. The van der Waals surface area contributed by atoms with Crippen LogP contribution >= 0.6 is 0 Å². The van der Waals surface area contributed by atoms with Crippen LogP contribution in [-0.2, 0) is 6.42 Å². The zero-order valence-corrected chi connectivity index (χ0v) is 10.6. The largest absolute Gasteiger partial charge is 0.397 e. The molecule has 2 aromatic heterocycles. The summed E-state index contributed by atoms with van der Waals surface area (Å²) in [6.45, 7) is 1.96. The lowest BCUT2D eigenvalue weighted by Crippen LogP contribution is -2.14. The Hall–Kier alpha value is -1.90. The summed E-state index contributed by atoms with van der Waals surface area (Å²) in [7, 11) is 0. The minimum atomic E-state index is 0.328. The first-order valence-corrected chi connectivity index (χ1v) is 6.42. The van der Waals surface area contributed by atoms with E-state index < -0.39 is 0 Å². The minimum absolute atomic E-state index is 0.328. The average Bonchev–Trinajstić information content (AvgIpc) is 2.41. The molecule has 1 unspecified atom stereocenters. The number of pyridine rings is 2. The van der Waals surface area contributed by atoms with Gasteiger partial charge in [-0.3, -0.25) is 9.97 Å². The summed E-state index contributed by atoms with van der Waals surface area (Å²) in [6, 6.07) is 8.19. The molecule has 1 aliphatic rings. The number of aryl methyl sites for hydroxylation is 2. The summed E-state index contributed by atoms with van der Waals surface area (Å²) < 4.78 is 0. The Bertz CT molecular complexity index is 578. The van der Waals surface area contributed by atoms with Crippen LogP contribution in [0.3, 0.4) is 0 Å². The highest BCUT2D eigenvalue weighted by Gasteiger charge is 2.24. The standard InChI is InChI=1S/C15H17N3/c1-10-13(16)7-8-14(18-10)12-6-2-4-11-5-3-9-17-15(11)12/h3,5,7-9,12H,2,4,6,16H2,1H3. The zero-order valence-electron chi connectivity index (χ0n) is 10.6. The molecule has 0 saturated carbocycles. The Kier molecular flexibility index (Phi) is 2.74. The molecule has 2 N–H and O–H groups in total. The fourth-order valence-electron chi connectivity index (χ4n) is 2.68. The molecule has 0 amide bonds.